The molecule has 1 atom stereocenters. The van der Waals surface area contributed by atoms with Crippen molar-refractivity contribution < 1.29 is 18.8 Å². The second-order valence-electron chi connectivity index (χ2n) is 11.0. The summed E-state index contributed by atoms with van der Waals surface area (Å²) in [4.78, 5) is 49.8. The van der Waals surface area contributed by atoms with Crippen LogP contribution in [0.4, 0.5) is 4.39 Å². The summed E-state index contributed by atoms with van der Waals surface area (Å²) >= 11 is 0. The third-order valence-corrected chi connectivity index (χ3v) is 7.95. The Morgan fingerprint density at radius 2 is 1.51 bits per heavy atom. The summed E-state index contributed by atoms with van der Waals surface area (Å²) in [6.45, 7) is 1.15. The van der Waals surface area contributed by atoms with Gasteiger partial charge in [0.1, 0.15) is 5.82 Å². The lowest BCUT2D eigenvalue weighted by Gasteiger charge is -2.28. The van der Waals surface area contributed by atoms with Gasteiger partial charge in [0.15, 0.2) is 11.5 Å². The van der Waals surface area contributed by atoms with Gasteiger partial charge in [-0.3, -0.25) is 19.3 Å². The number of nitrogens with zero attached hydrogens (tertiary/aromatic N) is 4. The average Bonchev–Trinajstić information content (AvgIpc) is 3.56. The van der Waals surface area contributed by atoms with Gasteiger partial charge < -0.3 is 15.5 Å². The number of rotatable bonds is 6. The quantitative estimate of drug-likeness (QED) is 0.371. The molecule has 2 aliphatic heterocycles. The van der Waals surface area contributed by atoms with Gasteiger partial charge in [0.25, 0.3) is 17.7 Å². The number of amides is 3. The van der Waals surface area contributed by atoms with Crippen LogP contribution < -0.4 is 5.73 Å². The van der Waals surface area contributed by atoms with Crippen LogP contribution in [0.15, 0.2) is 102 Å². The Morgan fingerprint density at radius 1 is 0.860 bits per heavy atom. The van der Waals surface area contributed by atoms with Crippen molar-refractivity contribution in [2.24, 2.45) is 10.7 Å². The van der Waals surface area contributed by atoms with Crippen molar-refractivity contribution in [1.29, 1.82) is 0 Å². The highest BCUT2D eigenvalue weighted by Gasteiger charge is 2.50. The monoisotopic (exact) mass is 575 g/mol. The third-order valence-electron chi connectivity index (χ3n) is 7.95. The lowest BCUT2D eigenvalue weighted by Crippen LogP contribution is -2.43. The van der Waals surface area contributed by atoms with E-state index in [1.54, 1.807) is 61.5 Å². The van der Waals surface area contributed by atoms with E-state index in [0.717, 1.165) is 11.1 Å². The molecule has 0 radical (unpaired) electrons. The maximum absolute atomic E-state index is 14.4. The SMILES string of the molecule is CN(C)C(=O)c1cccc(C2(c3ccc(F)cc3)N=C(N)N(Cc3cccc(C(=O)N4Cc5ccccc5C4)c3)C2=O)c1. The zero-order valence-electron chi connectivity index (χ0n) is 23.8. The molecule has 0 saturated heterocycles. The summed E-state index contributed by atoms with van der Waals surface area (Å²) in [6.07, 6.45) is 0. The first kappa shape index (κ1) is 27.8. The molecule has 0 bridgehead atoms. The number of hydrogen-bond donors (Lipinski definition) is 1. The van der Waals surface area contributed by atoms with Crippen LogP contribution >= 0.6 is 0 Å². The van der Waals surface area contributed by atoms with Crippen LogP contribution in [0.5, 0.6) is 0 Å². The van der Waals surface area contributed by atoms with E-state index in [-0.39, 0.29) is 24.3 Å². The Kier molecular flexibility index (Phi) is 7.01. The van der Waals surface area contributed by atoms with E-state index in [1.165, 1.54) is 34.1 Å². The zero-order valence-corrected chi connectivity index (χ0v) is 23.8. The molecular formula is C34H30FN5O3. The molecule has 2 aliphatic rings. The molecule has 0 saturated carbocycles. The lowest BCUT2D eigenvalue weighted by molar-refractivity contribution is -0.130. The fraction of sp³-hybridized carbons (Fsp3) is 0.176. The number of carbonyl (C=O) groups excluding carboxylic acids is 3. The number of aliphatic imine (C=N–C) groups is 1. The predicted molar refractivity (Wildman–Crippen MR) is 160 cm³/mol. The van der Waals surface area contributed by atoms with Gasteiger partial charge in [0.05, 0.1) is 6.54 Å². The van der Waals surface area contributed by atoms with Crippen LogP contribution in [0, 0.1) is 5.82 Å². The Hall–Kier alpha value is -5.31. The molecule has 6 rings (SSSR count). The minimum absolute atomic E-state index is 0.0228. The molecule has 0 fully saturated rings. The van der Waals surface area contributed by atoms with Gasteiger partial charge in [0, 0.05) is 38.3 Å². The van der Waals surface area contributed by atoms with Crippen molar-refractivity contribution in [1.82, 2.24) is 14.7 Å². The van der Waals surface area contributed by atoms with Gasteiger partial charge in [-0.25, -0.2) is 9.38 Å². The van der Waals surface area contributed by atoms with Gasteiger partial charge in [-0.2, -0.15) is 0 Å². The van der Waals surface area contributed by atoms with E-state index >= 15 is 0 Å². The van der Waals surface area contributed by atoms with Crippen LogP contribution in [0.2, 0.25) is 0 Å². The lowest BCUT2D eigenvalue weighted by atomic mass is 9.82. The second-order valence-corrected chi connectivity index (χ2v) is 11.0. The number of nitrogens with two attached hydrogens (primary N) is 1. The molecule has 2 heterocycles. The molecule has 3 amide bonds. The summed E-state index contributed by atoms with van der Waals surface area (Å²) in [7, 11) is 3.29. The van der Waals surface area contributed by atoms with E-state index < -0.39 is 17.3 Å². The summed E-state index contributed by atoms with van der Waals surface area (Å²) in [5.74, 6) is -1.27. The third kappa shape index (κ3) is 4.92. The van der Waals surface area contributed by atoms with Crippen molar-refractivity contribution in [3.05, 3.63) is 142 Å². The van der Waals surface area contributed by atoms with Crippen molar-refractivity contribution in [2.45, 2.75) is 25.2 Å². The summed E-state index contributed by atoms with van der Waals surface area (Å²) < 4.78 is 14.0. The normalized spacial score (nSPS) is 17.6. The maximum atomic E-state index is 14.4. The molecule has 216 valence electrons. The molecule has 0 aliphatic carbocycles. The number of guanidine groups is 1. The van der Waals surface area contributed by atoms with E-state index in [0.29, 0.717) is 40.9 Å². The van der Waals surface area contributed by atoms with E-state index in [4.69, 9.17) is 5.73 Å². The van der Waals surface area contributed by atoms with Gasteiger partial charge in [0.2, 0.25) is 0 Å². The molecule has 0 aromatic heterocycles. The molecular weight excluding hydrogens is 545 g/mol. The minimum atomic E-state index is -1.63. The van der Waals surface area contributed by atoms with Gasteiger partial charge in [-0.05, 0) is 64.2 Å². The highest BCUT2D eigenvalue weighted by Crippen LogP contribution is 2.40. The molecule has 43 heavy (non-hydrogen) atoms. The van der Waals surface area contributed by atoms with Gasteiger partial charge >= 0.3 is 0 Å². The van der Waals surface area contributed by atoms with Crippen LogP contribution in [0.1, 0.15) is 48.5 Å². The first-order chi connectivity index (χ1) is 20.7. The van der Waals surface area contributed by atoms with Crippen LogP contribution in [0.25, 0.3) is 0 Å². The minimum Gasteiger partial charge on any atom is -0.369 e. The molecule has 9 heteroatoms. The molecule has 0 spiro atoms. The highest BCUT2D eigenvalue weighted by atomic mass is 19.1. The largest absolute Gasteiger partial charge is 0.369 e. The van der Waals surface area contributed by atoms with E-state index in [9.17, 15) is 18.8 Å². The van der Waals surface area contributed by atoms with Gasteiger partial charge in [-0.15, -0.1) is 0 Å². The van der Waals surface area contributed by atoms with E-state index in [1.807, 2.05) is 30.3 Å². The Labute approximate surface area is 248 Å². The number of benzene rings is 4. The van der Waals surface area contributed by atoms with Crippen molar-refractivity contribution >= 4 is 23.7 Å². The molecule has 2 N–H and O–H groups in total. The fourth-order valence-corrected chi connectivity index (χ4v) is 5.75. The van der Waals surface area contributed by atoms with Crippen molar-refractivity contribution in [3.8, 4) is 0 Å². The first-order valence-corrected chi connectivity index (χ1v) is 13.9. The number of carbonyl (C=O) groups is 3. The summed E-state index contributed by atoms with van der Waals surface area (Å²) in [6, 6.07) is 27.3. The Bertz CT molecular complexity index is 1760. The second kappa shape index (κ2) is 10.8. The topological polar surface area (TPSA) is 99.3 Å². The Balaban J connectivity index is 1.32. The van der Waals surface area contributed by atoms with Crippen molar-refractivity contribution in [2.75, 3.05) is 14.1 Å². The van der Waals surface area contributed by atoms with Gasteiger partial charge in [-0.1, -0.05) is 60.7 Å². The number of fused-ring (bicyclic) bond motifs is 1. The standard InChI is InChI=1S/C34H30FN5O3/c1-38(2)30(41)24-11-6-12-28(18-24)34(27-13-15-29(35)16-14-27)32(43)40(33(36)37-34)19-22-7-5-10-23(17-22)31(42)39-20-25-8-3-4-9-26(25)21-39/h3-18H,19-21H2,1-2H3,(H2,36,37). The number of halogens is 1. The summed E-state index contributed by atoms with van der Waals surface area (Å²) in [5.41, 5.74) is 9.47. The predicted octanol–water partition coefficient (Wildman–Crippen LogP) is 4.28. The van der Waals surface area contributed by atoms with Crippen molar-refractivity contribution in [3.63, 3.8) is 0 Å². The fourth-order valence-electron chi connectivity index (χ4n) is 5.75. The highest BCUT2D eigenvalue weighted by molar-refractivity contribution is 6.09. The molecule has 4 aromatic carbocycles. The smallest absolute Gasteiger partial charge is 0.266 e. The molecule has 4 aromatic rings. The number of hydrogen-bond acceptors (Lipinski definition) is 5. The Morgan fingerprint density at radius 3 is 2.19 bits per heavy atom. The van der Waals surface area contributed by atoms with Crippen LogP contribution in [-0.4, -0.2) is 52.5 Å². The molecule has 1 unspecified atom stereocenters. The summed E-state index contributed by atoms with van der Waals surface area (Å²) in [5, 5.41) is 0. The zero-order chi connectivity index (χ0) is 30.3. The first-order valence-electron chi connectivity index (χ1n) is 13.9. The van der Waals surface area contributed by atoms with Crippen LogP contribution in [0.3, 0.4) is 0 Å². The maximum Gasteiger partial charge on any atom is 0.266 e. The van der Waals surface area contributed by atoms with Crippen LogP contribution in [-0.2, 0) is 30.0 Å². The van der Waals surface area contributed by atoms with E-state index in [2.05, 4.69) is 4.99 Å². The molecule has 8 nitrogen and oxygen atoms in total. The average molecular weight is 576 g/mol.